The van der Waals surface area contributed by atoms with Crippen LogP contribution in [0.5, 0.6) is 0 Å². The molecule has 0 saturated carbocycles. The van der Waals surface area contributed by atoms with Crippen molar-refractivity contribution in [3.05, 3.63) is 58.3 Å². The van der Waals surface area contributed by atoms with Gasteiger partial charge in [-0.3, -0.25) is 4.79 Å². The molecule has 2 unspecified atom stereocenters. The number of amides is 1. The van der Waals surface area contributed by atoms with E-state index in [2.05, 4.69) is 18.3 Å². The van der Waals surface area contributed by atoms with Gasteiger partial charge in [-0.25, -0.2) is 0 Å². The molecule has 3 N–H and O–H groups in total. The summed E-state index contributed by atoms with van der Waals surface area (Å²) in [7, 11) is 0. The highest BCUT2D eigenvalue weighted by atomic mass is 32.1. The van der Waals surface area contributed by atoms with Crippen molar-refractivity contribution in [2.75, 3.05) is 6.54 Å². The first kappa shape index (κ1) is 14.8. The molecule has 2 aromatic rings. The van der Waals surface area contributed by atoms with E-state index in [1.165, 1.54) is 4.88 Å². The van der Waals surface area contributed by atoms with Crippen molar-refractivity contribution < 1.29 is 4.79 Å². The second-order valence-corrected chi connectivity index (χ2v) is 5.66. The monoisotopic (exact) mass is 288 g/mol. The fraction of sp³-hybridized carbons (Fsp3) is 0.312. The smallest absolute Gasteiger partial charge is 0.229 e. The van der Waals surface area contributed by atoms with Gasteiger partial charge in [0.05, 0.1) is 12.0 Å². The zero-order valence-corrected chi connectivity index (χ0v) is 12.4. The zero-order valence-electron chi connectivity index (χ0n) is 11.6. The Balaban J connectivity index is 2.09. The van der Waals surface area contributed by atoms with Crippen molar-refractivity contribution in [1.29, 1.82) is 0 Å². The molecule has 0 aliphatic heterocycles. The number of carbonyl (C=O) groups is 1. The first-order chi connectivity index (χ1) is 9.76. The third kappa shape index (κ3) is 3.46. The van der Waals surface area contributed by atoms with Crippen molar-refractivity contribution in [1.82, 2.24) is 5.32 Å². The van der Waals surface area contributed by atoms with Crippen molar-refractivity contribution in [2.45, 2.75) is 25.3 Å². The summed E-state index contributed by atoms with van der Waals surface area (Å²) >= 11 is 1.67. The maximum Gasteiger partial charge on any atom is 0.229 e. The first-order valence-electron chi connectivity index (χ1n) is 6.85. The Morgan fingerprint density at radius 3 is 2.55 bits per heavy atom. The van der Waals surface area contributed by atoms with Gasteiger partial charge in [-0.15, -0.1) is 11.3 Å². The summed E-state index contributed by atoms with van der Waals surface area (Å²) in [4.78, 5) is 13.6. The number of nitrogens with two attached hydrogens (primary N) is 1. The van der Waals surface area contributed by atoms with Gasteiger partial charge in [0.1, 0.15) is 0 Å². The van der Waals surface area contributed by atoms with Gasteiger partial charge < -0.3 is 11.1 Å². The number of hydrogen-bond acceptors (Lipinski definition) is 3. The van der Waals surface area contributed by atoms with Crippen LogP contribution in [0.2, 0.25) is 0 Å². The standard InChI is InChI=1S/C16H20N2OS/c1-2-14(15-9-6-10-20-15)18-16(19)13(11-17)12-7-4-3-5-8-12/h3-10,13-14H,2,11,17H2,1H3,(H,18,19). The van der Waals surface area contributed by atoms with Crippen molar-refractivity contribution >= 4 is 17.2 Å². The van der Waals surface area contributed by atoms with Gasteiger partial charge in [0, 0.05) is 11.4 Å². The van der Waals surface area contributed by atoms with E-state index >= 15 is 0 Å². The molecular formula is C16H20N2OS. The Hall–Kier alpha value is -1.65. The van der Waals surface area contributed by atoms with Crippen LogP contribution in [0.1, 0.15) is 35.7 Å². The van der Waals surface area contributed by atoms with Crippen LogP contribution in [0.25, 0.3) is 0 Å². The Morgan fingerprint density at radius 2 is 2.00 bits per heavy atom. The summed E-state index contributed by atoms with van der Waals surface area (Å²) in [6.45, 7) is 2.39. The fourth-order valence-electron chi connectivity index (χ4n) is 2.22. The molecule has 2 rings (SSSR count). The van der Waals surface area contributed by atoms with E-state index in [1.807, 2.05) is 41.8 Å². The van der Waals surface area contributed by atoms with Crippen LogP contribution in [0, 0.1) is 0 Å². The molecule has 1 heterocycles. The Morgan fingerprint density at radius 1 is 1.25 bits per heavy atom. The highest BCUT2D eigenvalue weighted by molar-refractivity contribution is 7.10. The molecule has 3 nitrogen and oxygen atoms in total. The lowest BCUT2D eigenvalue weighted by molar-refractivity contribution is -0.123. The van der Waals surface area contributed by atoms with Gasteiger partial charge in [-0.1, -0.05) is 43.3 Å². The normalized spacial score (nSPS) is 13.7. The lowest BCUT2D eigenvalue weighted by atomic mass is 9.98. The number of thiophene rings is 1. The summed E-state index contributed by atoms with van der Waals surface area (Å²) in [6, 6.07) is 13.8. The maximum atomic E-state index is 12.5. The third-order valence-corrected chi connectivity index (χ3v) is 4.35. The average Bonchev–Trinajstić information content (AvgIpc) is 3.00. The molecule has 0 saturated heterocycles. The number of rotatable bonds is 6. The number of hydrogen-bond donors (Lipinski definition) is 2. The average molecular weight is 288 g/mol. The van der Waals surface area contributed by atoms with E-state index in [9.17, 15) is 4.79 Å². The topological polar surface area (TPSA) is 55.1 Å². The largest absolute Gasteiger partial charge is 0.348 e. The van der Waals surface area contributed by atoms with Crippen LogP contribution in [-0.4, -0.2) is 12.5 Å². The predicted molar refractivity (Wildman–Crippen MR) is 83.7 cm³/mol. The maximum absolute atomic E-state index is 12.5. The van der Waals surface area contributed by atoms with Gasteiger partial charge in [0.25, 0.3) is 0 Å². The second-order valence-electron chi connectivity index (χ2n) is 4.68. The van der Waals surface area contributed by atoms with E-state index in [4.69, 9.17) is 5.73 Å². The summed E-state index contributed by atoms with van der Waals surface area (Å²) in [5.74, 6) is -0.288. The fourth-order valence-corrected chi connectivity index (χ4v) is 3.08. The Kier molecular flexibility index (Phi) is 5.32. The Labute approximate surface area is 123 Å². The van der Waals surface area contributed by atoms with Gasteiger partial charge in [-0.05, 0) is 23.4 Å². The van der Waals surface area contributed by atoms with Crippen LogP contribution in [0.3, 0.4) is 0 Å². The van der Waals surface area contributed by atoms with Crippen molar-refractivity contribution in [2.24, 2.45) is 5.73 Å². The third-order valence-electron chi connectivity index (χ3n) is 3.37. The highest BCUT2D eigenvalue weighted by Crippen LogP contribution is 2.23. The second kappa shape index (κ2) is 7.22. The highest BCUT2D eigenvalue weighted by Gasteiger charge is 2.22. The quantitative estimate of drug-likeness (QED) is 0.858. The molecule has 106 valence electrons. The molecule has 1 aromatic carbocycles. The Bertz CT molecular complexity index is 525. The first-order valence-corrected chi connectivity index (χ1v) is 7.73. The van der Waals surface area contributed by atoms with E-state index in [0.717, 1.165) is 12.0 Å². The van der Waals surface area contributed by atoms with Crippen LogP contribution < -0.4 is 11.1 Å². The molecule has 2 atom stereocenters. The number of benzene rings is 1. The van der Waals surface area contributed by atoms with E-state index in [0.29, 0.717) is 6.54 Å². The molecular weight excluding hydrogens is 268 g/mol. The minimum atomic E-state index is -0.287. The van der Waals surface area contributed by atoms with Gasteiger partial charge in [-0.2, -0.15) is 0 Å². The van der Waals surface area contributed by atoms with Crippen molar-refractivity contribution in [3.63, 3.8) is 0 Å². The summed E-state index contributed by atoms with van der Waals surface area (Å²) < 4.78 is 0. The van der Waals surface area contributed by atoms with Crippen LogP contribution in [0.15, 0.2) is 47.8 Å². The minimum absolute atomic E-state index is 0.000972. The number of nitrogens with one attached hydrogen (secondary N) is 1. The number of carbonyl (C=O) groups excluding carboxylic acids is 1. The summed E-state index contributed by atoms with van der Waals surface area (Å²) in [5, 5.41) is 5.14. The van der Waals surface area contributed by atoms with E-state index < -0.39 is 0 Å². The van der Waals surface area contributed by atoms with Crippen molar-refractivity contribution in [3.8, 4) is 0 Å². The lowest BCUT2D eigenvalue weighted by Crippen LogP contribution is -2.35. The van der Waals surface area contributed by atoms with E-state index in [1.54, 1.807) is 11.3 Å². The molecule has 0 bridgehead atoms. The predicted octanol–water partition coefficient (Wildman–Crippen LogP) is 3.06. The van der Waals surface area contributed by atoms with E-state index in [-0.39, 0.29) is 17.9 Å². The van der Waals surface area contributed by atoms with Gasteiger partial charge >= 0.3 is 0 Å². The van der Waals surface area contributed by atoms with Gasteiger partial charge in [0.15, 0.2) is 0 Å². The van der Waals surface area contributed by atoms with Crippen LogP contribution in [-0.2, 0) is 4.79 Å². The zero-order chi connectivity index (χ0) is 14.4. The molecule has 20 heavy (non-hydrogen) atoms. The van der Waals surface area contributed by atoms with Crippen LogP contribution >= 0.6 is 11.3 Å². The SMILES string of the molecule is CCC(NC(=O)C(CN)c1ccccc1)c1cccs1. The molecule has 0 aliphatic carbocycles. The molecule has 0 aliphatic rings. The molecule has 0 radical (unpaired) electrons. The van der Waals surface area contributed by atoms with Gasteiger partial charge in [0.2, 0.25) is 5.91 Å². The molecule has 1 aromatic heterocycles. The molecule has 1 amide bonds. The lowest BCUT2D eigenvalue weighted by Gasteiger charge is -2.20. The molecule has 0 spiro atoms. The molecule has 4 heteroatoms. The summed E-state index contributed by atoms with van der Waals surface area (Å²) in [5.41, 5.74) is 6.75. The molecule has 0 fully saturated rings. The van der Waals surface area contributed by atoms with Crippen LogP contribution in [0.4, 0.5) is 0 Å². The minimum Gasteiger partial charge on any atom is -0.348 e. The summed E-state index contributed by atoms with van der Waals surface area (Å²) in [6.07, 6.45) is 0.873.